The molecule has 0 aromatic heterocycles. The summed E-state index contributed by atoms with van der Waals surface area (Å²) in [7, 11) is 13.4. The van der Waals surface area contributed by atoms with Crippen LogP contribution >= 0.6 is 0 Å². The summed E-state index contributed by atoms with van der Waals surface area (Å²) in [4.78, 5) is 19.9. The largest absolute Gasteiger partial charge is 0.374 e. The molecule has 10 bridgehead atoms. The first-order valence-corrected chi connectivity index (χ1v) is 28.6. The van der Waals surface area contributed by atoms with Crippen LogP contribution in [0.2, 0.25) is 0 Å². The van der Waals surface area contributed by atoms with Gasteiger partial charge in [-0.1, -0.05) is 109 Å². The molecule has 1 saturated heterocycles. The van der Waals surface area contributed by atoms with E-state index >= 15 is 0 Å². The zero-order chi connectivity index (χ0) is 51.8. The summed E-state index contributed by atoms with van der Waals surface area (Å²) in [5, 5.41) is 25.2. The van der Waals surface area contributed by atoms with Crippen LogP contribution in [-0.4, -0.2) is 108 Å². The molecule has 0 N–H and O–H groups in total. The molecule has 6 heterocycles. The molecule has 1 fully saturated rings. The first-order chi connectivity index (χ1) is 37.7. The highest BCUT2D eigenvalue weighted by Crippen LogP contribution is 2.50. The van der Waals surface area contributed by atoms with Crippen molar-refractivity contribution >= 4 is 142 Å². The lowest BCUT2D eigenvalue weighted by atomic mass is 9.89. The monoisotopic (exact) mass is 1010 g/mol. The summed E-state index contributed by atoms with van der Waals surface area (Å²) in [6.07, 6.45) is 6.07. The van der Waals surface area contributed by atoms with Crippen LogP contribution in [0.25, 0.3) is 97.0 Å². The zero-order valence-corrected chi connectivity index (χ0v) is 45.9. The fraction of sp³-hybridized carbons (Fsp3) is 0.304. The highest BCUT2D eigenvalue weighted by atomic mass is 15.2. The van der Waals surface area contributed by atoms with Crippen LogP contribution in [0.5, 0.6) is 0 Å². The number of anilines is 8. The van der Waals surface area contributed by atoms with E-state index in [1.165, 1.54) is 201 Å². The lowest BCUT2D eigenvalue weighted by Gasteiger charge is -2.38. The summed E-state index contributed by atoms with van der Waals surface area (Å²) < 4.78 is 0. The van der Waals surface area contributed by atoms with Gasteiger partial charge in [0.15, 0.2) is 0 Å². The second kappa shape index (κ2) is 17.9. The molecule has 0 saturated carbocycles. The molecule has 0 amide bonds. The van der Waals surface area contributed by atoms with Crippen molar-refractivity contribution in [2.75, 3.05) is 147 Å². The first kappa shape index (κ1) is 46.5. The number of benzene rings is 12. The maximum absolute atomic E-state index is 2.63. The Morgan fingerprint density at radius 1 is 0.221 bits per heavy atom. The van der Waals surface area contributed by atoms with Gasteiger partial charge in [0.2, 0.25) is 0 Å². The van der Waals surface area contributed by atoms with Crippen LogP contribution in [0.1, 0.15) is 32.1 Å². The maximum atomic E-state index is 2.63. The minimum Gasteiger partial charge on any atom is -0.374 e. The lowest BCUT2D eigenvalue weighted by molar-refractivity contribution is 0.613. The summed E-state index contributed by atoms with van der Waals surface area (Å²) in [6.45, 7) is 11.3. The molecule has 386 valence electrons. The Balaban J connectivity index is 0.000000102. The Bertz CT molecular complexity index is 3910. The average Bonchev–Trinajstić information content (AvgIpc) is 3.60. The van der Waals surface area contributed by atoms with Crippen molar-refractivity contribution in [3.8, 4) is 0 Å². The van der Waals surface area contributed by atoms with E-state index in [0.717, 1.165) is 39.3 Å². The summed E-state index contributed by atoms with van der Waals surface area (Å²) in [6, 6.07) is 50.9. The van der Waals surface area contributed by atoms with Crippen LogP contribution < -0.4 is 39.2 Å². The van der Waals surface area contributed by atoms with Crippen molar-refractivity contribution in [3.63, 3.8) is 0 Å². The highest BCUT2D eigenvalue weighted by molar-refractivity contribution is 6.32. The number of nitrogens with zero attached hydrogens (tertiary/aromatic N) is 8. The number of rotatable bonds is 0. The molecule has 77 heavy (non-hydrogen) atoms. The second-order valence-electron chi connectivity index (χ2n) is 23.4. The number of hydrogen-bond donors (Lipinski definition) is 0. The van der Waals surface area contributed by atoms with Gasteiger partial charge in [-0.05, 0) is 88.7 Å². The van der Waals surface area contributed by atoms with Crippen molar-refractivity contribution in [1.29, 1.82) is 0 Å². The van der Waals surface area contributed by atoms with E-state index in [1.807, 2.05) is 0 Å². The van der Waals surface area contributed by atoms with Gasteiger partial charge in [0, 0.05) is 218 Å². The molecule has 6 aliphatic heterocycles. The predicted molar refractivity (Wildman–Crippen MR) is 338 cm³/mol. The fourth-order valence-electron chi connectivity index (χ4n) is 14.9. The maximum Gasteiger partial charge on any atom is 0.0467 e. The van der Waals surface area contributed by atoms with Gasteiger partial charge in [-0.2, -0.15) is 0 Å². The van der Waals surface area contributed by atoms with Gasteiger partial charge in [0.1, 0.15) is 0 Å². The van der Waals surface area contributed by atoms with E-state index in [-0.39, 0.29) is 0 Å². The molecule has 0 unspecified atom stereocenters. The third kappa shape index (κ3) is 7.16. The van der Waals surface area contributed by atoms with Gasteiger partial charge in [-0.15, -0.1) is 0 Å². The normalized spacial score (nSPS) is 17.0. The van der Waals surface area contributed by atoms with Crippen LogP contribution in [0.3, 0.4) is 0 Å². The van der Waals surface area contributed by atoms with Gasteiger partial charge >= 0.3 is 0 Å². The number of fused-ring (bicyclic) bond motifs is 16. The molecule has 0 aliphatic carbocycles. The molecule has 6 aliphatic rings. The van der Waals surface area contributed by atoms with Crippen LogP contribution in [0, 0.1) is 0 Å². The summed E-state index contributed by atoms with van der Waals surface area (Å²) in [5.74, 6) is 0. The van der Waals surface area contributed by atoms with Crippen LogP contribution in [-0.2, 0) is 0 Å². The molecule has 8 heteroatoms. The molecule has 12 aromatic rings. The Labute approximate surface area is 452 Å². The minimum atomic E-state index is 1.09. The molecule has 8 nitrogen and oxygen atoms in total. The van der Waals surface area contributed by atoms with Crippen molar-refractivity contribution in [2.24, 2.45) is 0 Å². The molecule has 12 aromatic carbocycles. The van der Waals surface area contributed by atoms with Crippen LogP contribution in [0.15, 0.2) is 133 Å². The SMILES string of the molecule is CN1CCCN(C)c2cc1c1ccc3c4cc(c5ccc2c1c35)N(C)CCCN4C.CN1CCCN(C)c2cc1c1ccc3cccc4ccc2c1c34.c1cc2ccc3c4cc(c5ccc(c1)c2c35)N1CCCN4CCC1. The zero-order valence-electron chi connectivity index (χ0n) is 45.9. The molecule has 0 spiro atoms. The van der Waals surface area contributed by atoms with E-state index in [1.54, 1.807) is 0 Å². The molecule has 18 rings (SSSR count). The summed E-state index contributed by atoms with van der Waals surface area (Å²) >= 11 is 0. The lowest BCUT2D eigenvalue weighted by Crippen LogP contribution is -2.39. The van der Waals surface area contributed by atoms with Gasteiger partial charge < -0.3 is 39.2 Å². The highest BCUT2D eigenvalue weighted by Gasteiger charge is 2.27. The molecule has 0 atom stereocenters. The van der Waals surface area contributed by atoms with Crippen molar-refractivity contribution < 1.29 is 0 Å². The summed E-state index contributed by atoms with van der Waals surface area (Å²) in [5.41, 5.74) is 11.0. The Morgan fingerprint density at radius 2 is 0.429 bits per heavy atom. The van der Waals surface area contributed by atoms with Crippen LogP contribution in [0.4, 0.5) is 45.5 Å². The van der Waals surface area contributed by atoms with Gasteiger partial charge in [-0.25, -0.2) is 0 Å². The van der Waals surface area contributed by atoms with E-state index < -0.39 is 0 Å². The third-order valence-corrected chi connectivity index (χ3v) is 18.8. The smallest absolute Gasteiger partial charge is 0.0467 e. The average molecular weight is 1010 g/mol. The molecule has 0 radical (unpaired) electrons. The number of hydrogen-bond acceptors (Lipinski definition) is 8. The van der Waals surface area contributed by atoms with Crippen molar-refractivity contribution in [3.05, 3.63) is 133 Å². The van der Waals surface area contributed by atoms with Gasteiger partial charge in [0.25, 0.3) is 0 Å². The van der Waals surface area contributed by atoms with Gasteiger partial charge in [0.05, 0.1) is 0 Å². The quantitative estimate of drug-likeness (QED) is 0.139. The fourth-order valence-corrected chi connectivity index (χ4v) is 14.9. The topological polar surface area (TPSA) is 25.9 Å². The van der Waals surface area contributed by atoms with E-state index in [4.69, 9.17) is 0 Å². The van der Waals surface area contributed by atoms with Crippen molar-refractivity contribution in [1.82, 2.24) is 0 Å². The first-order valence-electron chi connectivity index (χ1n) is 28.6. The Kier molecular flexibility index (Phi) is 10.8. The van der Waals surface area contributed by atoms with Gasteiger partial charge in [-0.3, -0.25) is 0 Å². The van der Waals surface area contributed by atoms with E-state index in [0.29, 0.717) is 0 Å². The Hall–Kier alpha value is -7.84. The second-order valence-corrected chi connectivity index (χ2v) is 23.4. The van der Waals surface area contributed by atoms with E-state index in [2.05, 4.69) is 215 Å². The standard InChI is InChI=1S/C26H30N4.C22H20N2.C21H20N2/c1-27-11-5-12-28(2)22-15-21(27)17-7-8-19-23-16-24(30(4)14-6-13-29(23)3)20-10-9-18(22)25(17)26(19)20;1-4-15-6-8-17-19-14-20(24-11-2-10-23(19)12-3-13-24)18-9-7-16(5-1)21(15)22(17)18;1-22-11-4-12-23(2)19-13-18(22)16-9-7-14-5-3-6-15-8-10-17(19)21(16)20(14)15/h7-10,15-16H,5-6,11-14H2,1-4H3;1,4-9,14H,2-3,10-13H2;3,5-10,13H,4,11-12H2,1-2H3. The molecular weight excluding hydrogens is 941 g/mol. The van der Waals surface area contributed by atoms with E-state index in [9.17, 15) is 0 Å². The minimum absolute atomic E-state index is 1.09. The molecular formula is C69H70N8. The Morgan fingerprint density at radius 3 is 0.701 bits per heavy atom. The third-order valence-electron chi connectivity index (χ3n) is 18.8. The predicted octanol–water partition coefficient (Wildman–Crippen LogP) is 15.0. The van der Waals surface area contributed by atoms with Crippen molar-refractivity contribution in [2.45, 2.75) is 32.1 Å².